The van der Waals surface area contributed by atoms with E-state index in [2.05, 4.69) is 130 Å². The summed E-state index contributed by atoms with van der Waals surface area (Å²) in [6.45, 7) is 7.57. The van der Waals surface area contributed by atoms with Crippen molar-refractivity contribution >= 4 is 57.3 Å². The predicted molar refractivity (Wildman–Crippen MR) is 207 cm³/mol. The zero-order chi connectivity index (χ0) is 39.6. The molecule has 3 heterocycles. The van der Waals surface area contributed by atoms with Crippen molar-refractivity contribution in [1.29, 1.82) is 0 Å². The van der Waals surface area contributed by atoms with E-state index in [1.54, 1.807) is 20.8 Å². The molecule has 1 saturated heterocycles. The van der Waals surface area contributed by atoms with Crippen molar-refractivity contribution in [2.45, 2.75) is 39.3 Å². The van der Waals surface area contributed by atoms with Crippen LogP contribution in [0.4, 0.5) is 9.59 Å². The largest absolute Gasteiger partial charge is 0.724 e. The summed E-state index contributed by atoms with van der Waals surface area (Å²) in [6, 6.07) is 32.5. The molecule has 1 atom stereocenters. The molecule has 1 unspecified atom stereocenters. The molecule has 0 aliphatic carbocycles. The van der Waals surface area contributed by atoms with Crippen LogP contribution in [0.2, 0.25) is 0 Å². The zero-order valence-electron chi connectivity index (χ0n) is 30.8. The molecule has 2 aliphatic heterocycles. The quantitative estimate of drug-likeness (QED) is 0.0701. The number of rotatable bonds is 12. The Labute approximate surface area is 320 Å². The van der Waals surface area contributed by atoms with Crippen molar-refractivity contribution in [2.75, 3.05) is 26.2 Å². The average molecular weight is 791 g/mol. The lowest BCUT2D eigenvalue weighted by Crippen LogP contribution is -2.35. The predicted octanol–water partition coefficient (Wildman–Crippen LogP) is 3.94. The van der Waals surface area contributed by atoms with Crippen LogP contribution < -0.4 is 26.7 Å². The number of benzene rings is 3. The highest BCUT2D eigenvalue weighted by Crippen LogP contribution is 2.56. The number of allylic oxidation sites excluding steroid dienone is 1. The van der Waals surface area contributed by atoms with E-state index in [0.717, 1.165) is 0 Å². The number of ether oxygens (including phenoxy) is 1. The van der Waals surface area contributed by atoms with E-state index in [4.69, 9.17) is 9.57 Å². The van der Waals surface area contributed by atoms with Gasteiger partial charge in [-0.1, -0.05) is 60.7 Å². The molecular weight excluding hydrogens is 747 g/mol. The Morgan fingerprint density at radius 2 is 1.51 bits per heavy atom. The summed E-state index contributed by atoms with van der Waals surface area (Å²) in [5.41, 5.74) is 2.03. The van der Waals surface area contributed by atoms with E-state index in [-0.39, 0.29) is 31.9 Å². The second-order valence-corrected chi connectivity index (χ2v) is 17.5. The normalized spacial score (nSPS) is 15.6. The Morgan fingerprint density at radius 1 is 0.945 bits per heavy atom. The Bertz CT molecular complexity index is 2010. The van der Waals surface area contributed by atoms with Crippen molar-refractivity contribution in [2.24, 2.45) is 0 Å². The molecular formula is C38H43N6O9PS. The van der Waals surface area contributed by atoms with Gasteiger partial charge in [0.05, 0.1) is 24.7 Å². The first kappa shape index (κ1) is 40.8. The number of nitrogens with one attached hydrogen (secondary N) is 2. The molecule has 0 spiro atoms. The summed E-state index contributed by atoms with van der Waals surface area (Å²) in [6.07, 6.45) is 4.56. The summed E-state index contributed by atoms with van der Waals surface area (Å²) in [4.78, 5) is 42.2. The number of hydrogen-bond acceptors (Lipinski definition) is 10. The number of alkyl carbamates (subject to hydrolysis) is 1. The van der Waals surface area contributed by atoms with Crippen molar-refractivity contribution in [1.82, 2.24) is 30.5 Å². The highest BCUT2D eigenvalue weighted by molar-refractivity contribution is 7.98. The van der Waals surface area contributed by atoms with Crippen molar-refractivity contribution < 1.29 is 41.2 Å². The molecule has 2 bridgehead atoms. The third-order valence-corrected chi connectivity index (χ3v) is 12.5. The van der Waals surface area contributed by atoms with Crippen LogP contribution in [-0.2, 0) is 24.3 Å². The van der Waals surface area contributed by atoms with E-state index in [0.29, 0.717) is 10.8 Å². The molecule has 4 amide bonds. The smallest absolute Gasteiger partial charge is 0.407 e. The highest BCUT2D eigenvalue weighted by atomic mass is 32.3. The number of carbonyl (C=O) groups excluding carboxylic acids is 3. The molecule has 55 heavy (non-hydrogen) atoms. The molecule has 17 heteroatoms. The zero-order valence-corrected chi connectivity index (χ0v) is 32.5. The van der Waals surface area contributed by atoms with E-state index in [1.165, 1.54) is 43.8 Å². The van der Waals surface area contributed by atoms with Crippen LogP contribution in [0.3, 0.4) is 0 Å². The van der Waals surface area contributed by atoms with Crippen molar-refractivity contribution in [3.05, 3.63) is 127 Å². The number of hydrogen-bond donors (Lipinski definition) is 2. The van der Waals surface area contributed by atoms with Gasteiger partial charge >= 0.3 is 12.1 Å². The number of carbonyl (C=O) groups is 3. The molecule has 1 fully saturated rings. The lowest BCUT2D eigenvalue weighted by molar-refractivity contribution is -0.0195. The van der Waals surface area contributed by atoms with Gasteiger partial charge in [-0.15, -0.1) is 0 Å². The third-order valence-electron chi connectivity index (χ3n) is 8.09. The molecule has 0 radical (unpaired) electrons. The SMILES string of the molecule is C/C=C/[P+](c1ccccc1)(c1ccccc1)c1ccccc1.CC(C)(C)OC(=O)NCCONC(=O)c1ccn(C2=CC3CN(C2)C(=O)N3OS(=O)(=O)[O-])n1. The average Bonchev–Trinajstić information content (AvgIpc) is 3.73. The first-order valence-corrected chi connectivity index (χ1v) is 20.5. The highest BCUT2D eigenvalue weighted by Gasteiger charge is 2.44. The van der Waals surface area contributed by atoms with Gasteiger partial charge in [-0.2, -0.15) is 14.4 Å². The number of hydroxylamine groups is 3. The topological polar surface area (TPSA) is 184 Å². The van der Waals surface area contributed by atoms with Crippen molar-refractivity contribution in [3.8, 4) is 0 Å². The van der Waals surface area contributed by atoms with Crippen LogP contribution in [-0.4, -0.2) is 88.6 Å². The number of aromatic nitrogens is 2. The summed E-state index contributed by atoms with van der Waals surface area (Å²) in [5.74, 6) is 1.76. The van der Waals surface area contributed by atoms with Gasteiger partial charge in [0.25, 0.3) is 5.91 Å². The van der Waals surface area contributed by atoms with E-state index in [9.17, 15) is 27.4 Å². The minimum absolute atomic E-state index is 0.00508. The fourth-order valence-electron chi connectivity index (χ4n) is 5.93. The van der Waals surface area contributed by atoms with Crippen LogP contribution in [0.15, 0.2) is 121 Å². The number of nitrogens with zero attached hydrogens (tertiary/aromatic N) is 4. The Balaban J connectivity index is 0.000000228. The van der Waals surface area contributed by atoms with Crippen LogP contribution >= 0.6 is 7.26 Å². The van der Waals surface area contributed by atoms with Gasteiger partial charge in [0.1, 0.15) is 34.8 Å². The summed E-state index contributed by atoms with van der Waals surface area (Å²) >= 11 is 0. The second kappa shape index (κ2) is 17.8. The molecule has 2 aliphatic rings. The summed E-state index contributed by atoms with van der Waals surface area (Å²) < 4.78 is 43.2. The van der Waals surface area contributed by atoms with Crippen LogP contribution in [0.25, 0.3) is 5.70 Å². The van der Waals surface area contributed by atoms with Gasteiger partial charge < -0.3 is 19.5 Å². The minimum Gasteiger partial charge on any atom is -0.724 e. The summed E-state index contributed by atoms with van der Waals surface area (Å²) in [7, 11) is -6.85. The number of amides is 4. The Hall–Kier alpha value is -5.38. The van der Waals surface area contributed by atoms with Crippen molar-refractivity contribution in [3.63, 3.8) is 0 Å². The van der Waals surface area contributed by atoms with E-state index in [1.807, 2.05) is 0 Å². The molecule has 1 aromatic heterocycles. The first-order valence-electron chi connectivity index (χ1n) is 17.3. The first-order chi connectivity index (χ1) is 26.2. The molecule has 290 valence electrons. The second-order valence-electron chi connectivity index (χ2n) is 13.3. The van der Waals surface area contributed by atoms with Gasteiger partial charge in [0.2, 0.25) is 10.4 Å². The van der Waals surface area contributed by atoms with E-state index >= 15 is 0 Å². The standard InChI is InChI=1S/C21H20P.C17H24N6O9S/c1-2-18-22(19-12-6-3-7-13-19,20-14-8-4-9-15-20)21-16-10-5-11-17-21;1-17(2,3)31-15(25)18-5-7-30-20-14(24)13-4-6-22(19-13)11-8-12-10-21(9-11)16(26)23(12)32-33(27,28)29/h2-18H,1H3;4,6,8,12H,5,7,9-10H2,1-3H3,(H,18,25)(H,20,24)(H,27,28,29)/q+1;/p-1/b18-2+;. The van der Waals surface area contributed by atoms with Gasteiger partial charge in [-0.25, -0.2) is 28.2 Å². The third kappa shape index (κ3) is 10.6. The fraction of sp³-hybridized carbons (Fsp3) is 0.263. The Morgan fingerprint density at radius 3 is 2.02 bits per heavy atom. The van der Waals surface area contributed by atoms with Crippen LogP contribution in [0, 0.1) is 0 Å². The number of urea groups is 1. The lowest BCUT2D eigenvalue weighted by atomic mass is 10.2. The summed E-state index contributed by atoms with van der Waals surface area (Å²) in [5, 5.41) is 11.3. The molecule has 4 aromatic rings. The van der Waals surface area contributed by atoms with Crippen LogP contribution in [0.5, 0.6) is 0 Å². The molecule has 6 rings (SSSR count). The number of fused-ring (bicyclic) bond motifs is 2. The lowest BCUT2D eigenvalue weighted by Gasteiger charge is -2.23. The monoisotopic (exact) mass is 790 g/mol. The molecule has 3 aromatic carbocycles. The van der Waals surface area contributed by atoms with Crippen LogP contribution in [0.1, 0.15) is 38.2 Å². The van der Waals surface area contributed by atoms with Gasteiger partial charge in [-0.3, -0.25) is 9.63 Å². The molecule has 0 saturated carbocycles. The van der Waals surface area contributed by atoms with E-state index < -0.39 is 47.3 Å². The maximum absolute atomic E-state index is 12.2. The van der Waals surface area contributed by atoms with Gasteiger partial charge in [0, 0.05) is 19.3 Å². The fourth-order valence-corrected chi connectivity index (χ4v) is 10.1. The minimum atomic E-state index is -5.11. The van der Waals surface area contributed by atoms with Gasteiger partial charge in [-0.05, 0) is 76.2 Å². The molecule has 2 N–H and O–H groups in total. The maximum Gasteiger partial charge on any atom is 0.407 e. The Kier molecular flexibility index (Phi) is 13.2. The van der Waals surface area contributed by atoms with Gasteiger partial charge in [0.15, 0.2) is 5.69 Å². The molecule has 15 nitrogen and oxygen atoms in total. The maximum atomic E-state index is 12.2.